The molecule has 0 spiro atoms. The molecule has 0 bridgehead atoms. The number of rotatable bonds is 5. The van der Waals surface area contributed by atoms with Gasteiger partial charge in [-0.1, -0.05) is 36.4 Å². The monoisotopic (exact) mass is 206 g/mol. The summed E-state index contributed by atoms with van der Waals surface area (Å²) in [7, 11) is 0. The molecule has 1 aromatic rings. The Kier molecular flexibility index (Phi) is 5.19. The zero-order valence-electron chi connectivity index (χ0n) is 8.43. The van der Waals surface area contributed by atoms with E-state index in [0.29, 0.717) is 6.42 Å². The van der Waals surface area contributed by atoms with Crippen LogP contribution in [0.2, 0.25) is 0 Å². The Balaban J connectivity index is 2.28. The van der Waals surface area contributed by atoms with E-state index in [1.54, 1.807) is 6.08 Å². The second-order valence-electron chi connectivity index (χ2n) is 3.01. The van der Waals surface area contributed by atoms with E-state index in [4.69, 9.17) is 9.84 Å². The normalized spacial score (nSPS) is 10.5. The molecule has 0 aliphatic heterocycles. The number of ether oxygens (including phenoxy) is 1. The molecule has 0 fully saturated rings. The average Bonchev–Trinajstić information content (AvgIpc) is 2.28. The Labute approximate surface area is 89.0 Å². The van der Waals surface area contributed by atoms with E-state index in [1.807, 2.05) is 30.3 Å². The molecule has 1 N–H and O–H groups in total. The fraction of sp³-hybridized carbons (Fsp3) is 0.250. The van der Waals surface area contributed by atoms with Gasteiger partial charge in [-0.2, -0.15) is 0 Å². The Hall–Kier alpha value is -1.61. The predicted octanol–water partition coefficient (Wildman–Crippen LogP) is 1.67. The van der Waals surface area contributed by atoms with Gasteiger partial charge >= 0.3 is 5.97 Å². The van der Waals surface area contributed by atoms with E-state index in [0.717, 1.165) is 5.56 Å². The van der Waals surface area contributed by atoms with Gasteiger partial charge < -0.3 is 9.84 Å². The third-order valence-corrected chi connectivity index (χ3v) is 1.77. The molecule has 3 nitrogen and oxygen atoms in total. The lowest BCUT2D eigenvalue weighted by molar-refractivity contribution is -0.139. The molecule has 0 unspecified atom stereocenters. The van der Waals surface area contributed by atoms with E-state index in [1.165, 1.54) is 6.08 Å². The molecule has 0 aliphatic rings. The van der Waals surface area contributed by atoms with Crippen LogP contribution in [0.4, 0.5) is 0 Å². The van der Waals surface area contributed by atoms with Crippen molar-refractivity contribution in [1.82, 2.24) is 0 Å². The molecule has 0 aromatic heterocycles. The number of hydrogen-bond donors (Lipinski definition) is 1. The molecule has 0 saturated carbocycles. The molecule has 15 heavy (non-hydrogen) atoms. The third-order valence-electron chi connectivity index (χ3n) is 1.77. The highest BCUT2D eigenvalue weighted by atomic mass is 16.5. The van der Waals surface area contributed by atoms with Crippen LogP contribution in [0.1, 0.15) is 12.0 Å². The van der Waals surface area contributed by atoms with Gasteiger partial charge in [0.25, 0.3) is 0 Å². The Morgan fingerprint density at radius 1 is 1.33 bits per heavy atom. The molecule has 1 rings (SSSR count). The van der Waals surface area contributed by atoms with Crippen LogP contribution in [0, 0.1) is 0 Å². The van der Waals surface area contributed by atoms with E-state index in [9.17, 15) is 4.79 Å². The van der Waals surface area contributed by atoms with Crippen molar-refractivity contribution in [3.05, 3.63) is 48.0 Å². The third kappa shape index (κ3) is 4.98. The maximum Gasteiger partial charge on any atom is 0.330 e. The smallest absolute Gasteiger partial charge is 0.330 e. The van der Waals surface area contributed by atoms with Crippen LogP contribution in [0.5, 0.6) is 0 Å². The second kappa shape index (κ2) is 6.79. The van der Waals surface area contributed by atoms with E-state index >= 15 is 0 Å². The van der Waals surface area contributed by atoms with Gasteiger partial charge in [-0.3, -0.25) is 0 Å². The minimum atomic E-state index is -0.382. The standard InChI is InChI=1S/C12H14O3/c13-9-5-4-8-12(14)15-10-11-6-2-1-3-7-11/h1-4,6-8,13H,5,9-10H2/b8-4+. The van der Waals surface area contributed by atoms with E-state index in [2.05, 4.69) is 0 Å². The topological polar surface area (TPSA) is 46.5 Å². The van der Waals surface area contributed by atoms with Gasteiger partial charge in [0, 0.05) is 12.7 Å². The van der Waals surface area contributed by atoms with Gasteiger partial charge in [0.1, 0.15) is 6.61 Å². The summed E-state index contributed by atoms with van der Waals surface area (Å²) in [5, 5.41) is 8.48. The van der Waals surface area contributed by atoms with Gasteiger partial charge in [-0.25, -0.2) is 4.79 Å². The minimum absolute atomic E-state index is 0.0441. The first-order chi connectivity index (χ1) is 7.33. The lowest BCUT2D eigenvalue weighted by Gasteiger charge is -2.01. The van der Waals surface area contributed by atoms with Crippen LogP contribution in [-0.4, -0.2) is 17.7 Å². The first-order valence-corrected chi connectivity index (χ1v) is 4.81. The number of esters is 1. The summed E-state index contributed by atoms with van der Waals surface area (Å²) in [6.07, 6.45) is 3.40. The first-order valence-electron chi connectivity index (χ1n) is 4.81. The highest BCUT2D eigenvalue weighted by Crippen LogP contribution is 2.00. The number of carbonyl (C=O) groups excluding carboxylic acids is 1. The number of aliphatic hydroxyl groups is 1. The number of benzene rings is 1. The maximum atomic E-state index is 11.1. The van der Waals surface area contributed by atoms with Gasteiger partial charge in [-0.15, -0.1) is 0 Å². The summed E-state index contributed by atoms with van der Waals surface area (Å²) in [5.41, 5.74) is 0.960. The van der Waals surface area contributed by atoms with Crippen molar-refractivity contribution in [3.63, 3.8) is 0 Å². The second-order valence-corrected chi connectivity index (χ2v) is 3.01. The summed E-state index contributed by atoms with van der Waals surface area (Å²) in [6.45, 7) is 0.325. The van der Waals surface area contributed by atoms with Crippen LogP contribution < -0.4 is 0 Å². The largest absolute Gasteiger partial charge is 0.458 e. The maximum absolute atomic E-state index is 11.1. The fourth-order valence-electron chi connectivity index (χ4n) is 1.03. The molecule has 3 heteroatoms. The van der Waals surface area contributed by atoms with Crippen molar-refractivity contribution < 1.29 is 14.6 Å². The summed E-state index contributed by atoms with van der Waals surface area (Å²) in [6, 6.07) is 9.48. The number of carbonyl (C=O) groups is 1. The predicted molar refractivity (Wildman–Crippen MR) is 57.1 cm³/mol. The van der Waals surface area contributed by atoms with Crippen molar-refractivity contribution in [2.75, 3.05) is 6.61 Å². The van der Waals surface area contributed by atoms with Crippen molar-refractivity contribution >= 4 is 5.97 Å². The molecule has 0 heterocycles. The minimum Gasteiger partial charge on any atom is -0.458 e. The van der Waals surface area contributed by atoms with Crippen molar-refractivity contribution in [2.45, 2.75) is 13.0 Å². The van der Waals surface area contributed by atoms with E-state index in [-0.39, 0.29) is 19.2 Å². The first kappa shape index (κ1) is 11.5. The van der Waals surface area contributed by atoms with E-state index < -0.39 is 0 Å². The number of hydrogen-bond acceptors (Lipinski definition) is 3. The highest BCUT2D eigenvalue weighted by Gasteiger charge is 1.96. The Morgan fingerprint density at radius 2 is 2.07 bits per heavy atom. The van der Waals surface area contributed by atoms with Gasteiger partial charge in [0.2, 0.25) is 0 Å². The van der Waals surface area contributed by atoms with Crippen LogP contribution in [-0.2, 0) is 16.1 Å². The Morgan fingerprint density at radius 3 is 2.73 bits per heavy atom. The quantitative estimate of drug-likeness (QED) is 0.588. The lowest BCUT2D eigenvalue weighted by atomic mass is 10.2. The lowest BCUT2D eigenvalue weighted by Crippen LogP contribution is -2.00. The fourth-order valence-corrected chi connectivity index (χ4v) is 1.03. The molecule has 0 aliphatic carbocycles. The van der Waals surface area contributed by atoms with Gasteiger partial charge in [-0.05, 0) is 12.0 Å². The molecule has 0 atom stereocenters. The van der Waals surface area contributed by atoms with Gasteiger partial charge in [0.15, 0.2) is 0 Å². The molecular weight excluding hydrogens is 192 g/mol. The molecular formula is C12H14O3. The molecule has 1 aromatic carbocycles. The van der Waals surface area contributed by atoms with Gasteiger partial charge in [0.05, 0.1) is 0 Å². The Bertz CT molecular complexity index is 317. The highest BCUT2D eigenvalue weighted by molar-refractivity contribution is 5.81. The zero-order valence-corrected chi connectivity index (χ0v) is 8.43. The molecule has 0 amide bonds. The molecule has 80 valence electrons. The zero-order chi connectivity index (χ0) is 10.9. The van der Waals surface area contributed by atoms with Crippen molar-refractivity contribution in [2.24, 2.45) is 0 Å². The van der Waals surface area contributed by atoms with Crippen molar-refractivity contribution in [3.8, 4) is 0 Å². The summed E-state index contributed by atoms with van der Waals surface area (Å²) in [4.78, 5) is 11.1. The van der Waals surface area contributed by atoms with Crippen LogP contribution >= 0.6 is 0 Å². The molecule has 0 radical (unpaired) electrons. The molecule has 0 saturated heterocycles. The summed E-state index contributed by atoms with van der Waals surface area (Å²) >= 11 is 0. The van der Waals surface area contributed by atoms with Crippen LogP contribution in [0.25, 0.3) is 0 Å². The van der Waals surface area contributed by atoms with Crippen LogP contribution in [0.15, 0.2) is 42.5 Å². The summed E-state index contributed by atoms with van der Waals surface area (Å²) in [5.74, 6) is -0.382. The average molecular weight is 206 g/mol. The van der Waals surface area contributed by atoms with Crippen molar-refractivity contribution in [1.29, 1.82) is 0 Å². The number of aliphatic hydroxyl groups excluding tert-OH is 1. The SMILES string of the molecule is O=C(/C=C/CCO)OCc1ccccc1. The summed E-state index contributed by atoms with van der Waals surface area (Å²) < 4.78 is 4.97. The van der Waals surface area contributed by atoms with Crippen LogP contribution in [0.3, 0.4) is 0 Å².